The average Bonchev–Trinajstić information content (AvgIpc) is 2.85. The molecule has 2 rings (SSSR count). The van der Waals surface area contributed by atoms with Crippen LogP contribution < -0.4 is 9.47 Å². The minimum atomic E-state index is 0.508. The van der Waals surface area contributed by atoms with Gasteiger partial charge in [-0.25, -0.2) is 0 Å². The molecule has 0 saturated carbocycles. The first-order valence-corrected chi connectivity index (χ1v) is 7.11. The van der Waals surface area contributed by atoms with Crippen LogP contribution in [0.1, 0.15) is 13.3 Å². The highest BCUT2D eigenvalue weighted by Crippen LogP contribution is 2.16. The van der Waals surface area contributed by atoms with Crippen LogP contribution in [0.25, 0.3) is 0 Å². The second-order valence-electron chi connectivity index (χ2n) is 4.09. The molecule has 0 aliphatic heterocycles. The summed E-state index contributed by atoms with van der Waals surface area (Å²) in [5.41, 5.74) is 0. The minimum Gasteiger partial charge on any atom is -0.490 e. The lowest BCUT2D eigenvalue weighted by Crippen LogP contribution is -2.08. The van der Waals surface area contributed by atoms with Crippen LogP contribution in [-0.2, 0) is 6.54 Å². The van der Waals surface area contributed by atoms with E-state index in [1.165, 1.54) is 0 Å². The molecular formula is C14H17BrN2O2. The van der Waals surface area contributed by atoms with Gasteiger partial charge >= 0.3 is 0 Å². The molecule has 0 N–H and O–H groups in total. The summed E-state index contributed by atoms with van der Waals surface area (Å²) in [5, 5.41) is 4.20. The SMILES string of the molecule is CCCn1cc(OCCOc2ccc(Br)cc2)cn1. The highest BCUT2D eigenvalue weighted by molar-refractivity contribution is 9.10. The molecule has 0 aliphatic rings. The molecule has 0 atom stereocenters. The summed E-state index contributed by atoms with van der Waals surface area (Å²) >= 11 is 3.38. The van der Waals surface area contributed by atoms with Crippen LogP contribution >= 0.6 is 15.9 Å². The van der Waals surface area contributed by atoms with Gasteiger partial charge in [0.2, 0.25) is 0 Å². The van der Waals surface area contributed by atoms with Crippen molar-refractivity contribution in [2.45, 2.75) is 19.9 Å². The smallest absolute Gasteiger partial charge is 0.157 e. The van der Waals surface area contributed by atoms with Crippen molar-refractivity contribution in [3.8, 4) is 11.5 Å². The van der Waals surface area contributed by atoms with Crippen molar-refractivity contribution in [2.75, 3.05) is 13.2 Å². The number of ether oxygens (including phenoxy) is 2. The van der Waals surface area contributed by atoms with Crippen molar-refractivity contribution in [3.63, 3.8) is 0 Å². The predicted octanol–water partition coefficient (Wildman–Crippen LogP) is 3.51. The topological polar surface area (TPSA) is 36.3 Å². The molecule has 1 aromatic heterocycles. The first-order chi connectivity index (χ1) is 9.28. The maximum Gasteiger partial charge on any atom is 0.157 e. The average molecular weight is 325 g/mol. The number of nitrogens with zero attached hydrogens (tertiary/aromatic N) is 2. The van der Waals surface area contributed by atoms with Gasteiger partial charge in [-0.1, -0.05) is 22.9 Å². The van der Waals surface area contributed by atoms with E-state index in [1.807, 2.05) is 35.1 Å². The van der Waals surface area contributed by atoms with Crippen LogP contribution in [-0.4, -0.2) is 23.0 Å². The van der Waals surface area contributed by atoms with Gasteiger partial charge in [0.25, 0.3) is 0 Å². The van der Waals surface area contributed by atoms with E-state index >= 15 is 0 Å². The fourth-order valence-electron chi connectivity index (χ4n) is 1.62. The fraction of sp³-hybridized carbons (Fsp3) is 0.357. The Balaban J connectivity index is 1.69. The Morgan fingerprint density at radius 1 is 1.11 bits per heavy atom. The van der Waals surface area contributed by atoms with Crippen LogP contribution in [0.5, 0.6) is 11.5 Å². The third kappa shape index (κ3) is 4.59. The first kappa shape index (κ1) is 13.9. The lowest BCUT2D eigenvalue weighted by atomic mass is 10.3. The lowest BCUT2D eigenvalue weighted by molar-refractivity contribution is 0.217. The molecule has 0 unspecified atom stereocenters. The molecule has 1 heterocycles. The van der Waals surface area contributed by atoms with E-state index in [1.54, 1.807) is 6.20 Å². The van der Waals surface area contributed by atoms with Gasteiger partial charge in [0.1, 0.15) is 19.0 Å². The van der Waals surface area contributed by atoms with Crippen molar-refractivity contribution in [1.82, 2.24) is 9.78 Å². The molecule has 19 heavy (non-hydrogen) atoms. The van der Waals surface area contributed by atoms with Gasteiger partial charge in [0.05, 0.1) is 12.4 Å². The number of benzene rings is 1. The number of hydrogen-bond donors (Lipinski definition) is 0. The van der Waals surface area contributed by atoms with E-state index in [-0.39, 0.29) is 0 Å². The Bertz CT molecular complexity index is 496. The molecule has 4 nitrogen and oxygen atoms in total. The van der Waals surface area contributed by atoms with Crippen molar-refractivity contribution in [2.24, 2.45) is 0 Å². The van der Waals surface area contributed by atoms with Crippen molar-refractivity contribution < 1.29 is 9.47 Å². The van der Waals surface area contributed by atoms with Crippen LogP contribution in [0.4, 0.5) is 0 Å². The Morgan fingerprint density at radius 2 is 1.79 bits per heavy atom. The molecule has 0 fully saturated rings. The molecule has 0 saturated heterocycles. The molecule has 0 spiro atoms. The zero-order valence-electron chi connectivity index (χ0n) is 10.9. The number of aryl methyl sites for hydroxylation is 1. The predicted molar refractivity (Wildman–Crippen MR) is 77.7 cm³/mol. The van der Waals surface area contributed by atoms with E-state index in [0.29, 0.717) is 13.2 Å². The third-order valence-corrected chi connectivity index (χ3v) is 3.03. The monoisotopic (exact) mass is 324 g/mol. The van der Waals surface area contributed by atoms with E-state index in [0.717, 1.165) is 28.9 Å². The Labute approximate surface area is 121 Å². The summed E-state index contributed by atoms with van der Waals surface area (Å²) < 4.78 is 14.0. The van der Waals surface area contributed by atoms with Crippen LogP contribution in [0.15, 0.2) is 41.1 Å². The quantitative estimate of drug-likeness (QED) is 0.731. The van der Waals surface area contributed by atoms with Gasteiger partial charge in [-0.3, -0.25) is 4.68 Å². The molecule has 1 aromatic carbocycles. The molecule has 102 valence electrons. The fourth-order valence-corrected chi connectivity index (χ4v) is 1.88. The largest absolute Gasteiger partial charge is 0.490 e. The van der Waals surface area contributed by atoms with Gasteiger partial charge < -0.3 is 9.47 Å². The molecular weight excluding hydrogens is 308 g/mol. The second-order valence-corrected chi connectivity index (χ2v) is 5.01. The molecule has 2 aromatic rings. The van der Waals surface area contributed by atoms with E-state index in [4.69, 9.17) is 9.47 Å². The summed E-state index contributed by atoms with van der Waals surface area (Å²) in [6.45, 7) is 4.06. The van der Waals surface area contributed by atoms with Gasteiger partial charge in [0, 0.05) is 11.0 Å². The molecule has 5 heteroatoms. The van der Waals surface area contributed by atoms with E-state index in [9.17, 15) is 0 Å². The van der Waals surface area contributed by atoms with Gasteiger partial charge in [0.15, 0.2) is 5.75 Å². The third-order valence-electron chi connectivity index (χ3n) is 2.50. The summed E-state index contributed by atoms with van der Waals surface area (Å²) in [7, 11) is 0. The Hall–Kier alpha value is -1.49. The van der Waals surface area contributed by atoms with E-state index < -0.39 is 0 Å². The van der Waals surface area contributed by atoms with Gasteiger partial charge in [-0.05, 0) is 30.7 Å². The second kappa shape index (κ2) is 7.19. The Kier molecular flexibility index (Phi) is 5.27. The van der Waals surface area contributed by atoms with Crippen molar-refractivity contribution in [1.29, 1.82) is 0 Å². The molecule has 0 amide bonds. The zero-order valence-corrected chi connectivity index (χ0v) is 12.5. The van der Waals surface area contributed by atoms with Gasteiger partial charge in [-0.2, -0.15) is 5.10 Å². The minimum absolute atomic E-state index is 0.508. The maximum atomic E-state index is 5.56. The summed E-state index contributed by atoms with van der Waals surface area (Å²) in [6, 6.07) is 7.74. The standard InChI is InChI=1S/C14H17BrN2O2/c1-2-7-17-11-14(10-16-17)19-9-8-18-13-5-3-12(15)4-6-13/h3-6,10-11H,2,7-9H2,1H3. The van der Waals surface area contributed by atoms with Crippen LogP contribution in [0.3, 0.4) is 0 Å². The summed E-state index contributed by atoms with van der Waals surface area (Å²) in [4.78, 5) is 0. The summed E-state index contributed by atoms with van der Waals surface area (Å²) in [5.74, 6) is 1.63. The van der Waals surface area contributed by atoms with Crippen molar-refractivity contribution in [3.05, 3.63) is 41.1 Å². The van der Waals surface area contributed by atoms with Crippen LogP contribution in [0, 0.1) is 0 Å². The van der Waals surface area contributed by atoms with Crippen molar-refractivity contribution >= 4 is 15.9 Å². The van der Waals surface area contributed by atoms with Crippen LogP contribution in [0.2, 0.25) is 0 Å². The maximum absolute atomic E-state index is 5.56. The first-order valence-electron chi connectivity index (χ1n) is 6.31. The zero-order chi connectivity index (χ0) is 13.5. The molecule has 0 bridgehead atoms. The Morgan fingerprint density at radius 3 is 2.47 bits per heavy atom. The summed E-state index contributed by atoms with van der Waals surface area (Å²) in [6.07, 6.45) is 4.70. The molecule has 0 radical (unpaired) electrons. The highest BCUT2D eigenvalue weighted by Gasteiger charge is 1.99. The lowest BCUT2D eigenvalue weighted by Gasteiger charge is -2.06. The van der Waals surface area contributed by atoms with E-state index in [2.05, 4.69) is 28.0 Å². The number of hydrogen-bond acceptors (Lipinski definition) is 3. The molecule has 0 aliphatic carbocycles. The van der Waals surface area contributed by atoms with Gasteiger partial charge in [-0.15, -0.1) is 0 Å². The number of aromatic nitrogens is 2. The highest BCUT2D eigenvalue weighted by atomic mass is 79.9. The number of halogens is 1. The normalized spacial score (nSPS) is 10.4. The number of rotatable bonds is 7.